The van der Waals surface area contributed by atoms with Gasteiger partial charge in [0, 0.05) is 44.1 Å². The Labute approximate surface area is 167 Å². The summed E-state index contributed by atoms with van der Waals surface area (Å²) in [6, 6.07) is 1.87. The zero-order chi connectivity index (χ0) is 20.9. The molecule has 0 spiro atoms. The Morgan fingerprint density at radius 3 is 2.62 bits per heavy atom. The number of anilines is 1. The lowest BCUT2D eigenvalue weighted by Gasteiger charge is -2.50. The maximum atomic E-state index is 10.6. The molecule has 2 aliphatic heterocycles. The Bertz CT molecular complexity index is 672. The Morgan fingerprint density at radius 1 is 1.31 bits per heavy atom. The molecular weight excluding hydrogens is 391 g/mol. The van der Waals surface area contributed by atoms with Gasteiger partial charge in [0.1, 0.15) is 0 Å². The van der Waals surface area contributed by atoms with E-state index in [4.69, 9.17) is 19.4 Å². The number of carbonyl (C=O) groups is 1. The second-order valence-corrected chi connectivity index (χ2v) is 7.85. The second kappa shape index (κ2) is 9.25. The van der Waals surface area contributed by atoms with Crippen LogP contribution in [0.15, 0.2) is 18.5 Å². The number of nitrogens with zero attached hydrogens (tertiary/aromatic N) is 3. The van der Waals surface area contributed by atoms with Gasteiger partial charge in [-0.1, -0.05) is 0 Å². The number of ether oxygens (including phenoxy) is 2. The van der Waals surface area contributed by atoms with E-state index in [1.54, 1.807) is 0 Å². The molecule has 4 rings (SSSR count). The summed E-state index contributed by atoms with van der Waals surface area (Å²) in [6.07, 6.45) is 4.95. The van der Waals surface area contributed by atoms with Gasteiger partial charge >= 0.3 is 12.1 Å². The van der Waals surface area contributed by atoms with Gasteiger partial charge in [0.25, 0.3) is 0 Å². The maximum Gasteiger partial charge on any atom is 0.490 e. The third-order valence-electron chi connectivity index (χ3n) is 5.51. The minimum atomic E-state index is -5.08. The van der Waals surface area contributed by atoms with Crippen LogP contribution in [-0.2, 0) is 14.3 Å². The fourth-order valence-electron chi connectivity index (χ4n) is 3.84. The first kappa shape index (κ1) is 21.8. The SMILES string of the molecule is O=C(O)C(F)(F)F.c1cnc(N2CCC3OCCCC3(COCC3CC3)C2)nc1. The molecule has 29 heavy (non-hydrogen) atoms. The van der Waals surface area contributed by atoms with Crippen molar-refractivity contribution >= 4 is 11.9 Å². The first-order chi connectivity index (χ1) is 13.8. The smallest absolute Gasteiger partial charge is 0.475 e. The maximum absolute atomic E-state index is 10.6. The van der Waals surface area contributed by atoms with Gasteiger partial charge in [-0.15, -0.1) is 0 Å². The molecule has 3 heterocycles. The summed E-state index contributed by atoms with van der Waals surface area (Å²) in [6.45, 7) is 4.57. The van der Waals surface area contributed by atoms with Crippen LogP contribution < -0.4 is 4.90 Å². The zero-order valence-corrected chi connectivity index (χ0v) is 16.1. The van der Waals surface area contributed by atoms with Gasteiger partial charge in [-0.05, 0) is 44.1 Å². The minimum Gasteiger partial charge on any atom is -0.475 e. The van der Waals surface area contributed by atoms with Crippen molar-refractivity contribution in [3.05, 3.63) is 18.5 Å². The molecule has 0 radical (unpaired) electrons. The van der Waals surface area contributed by atoms with Gasteiger partial charge in [0.05, 0.1) is 12.7 Å². The summed E-state index contributed by atoms with van der Waals surface area (Å²) in [7, 11) is 0. The molecule has 3 fully saturated rings. The number of rotatable bonds is 5. The topological polar surface area (TPSA) is 84.8 Å². The summed E-state index contributed by atoms with van der Waals surface area (Å²) >= 11 is 0. The van der Waals surface area contributed by atoms with E-state index in [1.165, 1.54) is 19.3 Å². The summed E-state index contributed by atoms with van der Waals surface area (Å²) in [5.41, 5.74) is 0.116. The third-order valence-corrected chi connectivity index (χ3v) is 5.51. The van der Waals surface area contributed by atoms with Crippen LogP contribution in [0.5, 0.6) is 0 Å². The predicted octanol–water partition coefficient (Wildman–Crippen LogP) is 2.91. The van der Waals surface area contributed by atoms with E-state index in [0.29, 0.717) is 6.10 Å². The Balaban J connectivity index is 0.000000298. The largest absolute Gasteiger partial charge is 0.490 e. The summed E-state index contributed by atoms with van der Waals surface area (Å²) in [5, 5.41) is 7.12. The van der Waals surface area contributed by atoms with Crippen molar-refractivity contribution in [2.24, 2.45) is 11.3 Å². The highest BCUT2D eigenvalue weighted by molar-refractivity contribution is 5.73. The molecule has 3 aliphatic rings. The average molecular weight is 417 g/mol. The number of fused-ring (bicyclic) bond motifs is 1. The Morgan fingerprint density at radius 2 is 2.00 bits per heavy atom. The van der Waals surface area contributed by atoms with Gasteiger partial charge in [-0.25, -0.2) is 14.8 Å². The van der Waals surface area contributed by atoms with E-state index in [2.05, 4.69) is 14.9 Å². The van der Waals surface area contributed by atoms with E-state index < -0.39 is 12.1 Å². The van der Waals surface area contributed by atoms with E-state index in [-0.39, 0.29) is 5.41 Å². The predicted molar refractivity (Wildman–Crippen MR) is 97.5 cm³/mol. The number of hydrogen-bond acceptors (Lipinski definition) is 6. The highest BCUT2D eigenvalue weighted by Crippen LogP contribution is 2.41. The van der Waals surface area contributed by atoms with Crippen molar-refractivity contribution in [3.63, 3.8) is 0 Å². The monoisotopic (exact) mass is 417 g/mol. The first-order valence-electron chi connectivity index (χ1n) is 9.82. The van der Waals surface area contributed by atoms with Gasteiger partial charge in [0.2, 0.25) is 5.95 Å². The first-order valence-corrected chi connectivity index (χ1v) is 9.82. The normalized spacial score (nSPS) is 26.9. The summed E-state index contributed by atoms with van der Waals surface area (Å²) in [4.78, 5) is 20.1. The minimum absolute atomic E-state index is 0.116. The highest BCUT2D eigenvalue weighted by atomic mass is 19.4. The molecule has 1 aliphatic carbocycles. The molecule has 0 bridgehead atoms. The van der Waals surface area contributed by atoms with Crippen LogP contribution in [-0.4, -0.2) is 66.2 Å². The van der Waals surface area contributed by atoms with Crippen LogP contribution in [0.1, 0.15) is 32.1 Å². The van der Waals surface area contributed by atoms with Crippen LogP contribution in [0, 0.1) is 11.3 Å². The number of aliphatic carboxylic acids is 1. The molecule has 10 heteroatoms. The Kier molecular flexibility index (Phi) is 6.94. The summed E-state index contributed by atoms with van der Waals surface area (Å²) < 4.78 is 43.9. The van der Waals surface area contributed by atoms with Crippen molar-refractivity contribution in [2.75, 3.05) is 37.8 Å². The van der Waals surface area contributed by atoms with Crippen LogP contribution in [0.25, 0.3) is 0 Å². The van der Waals surface area contributed by atoms with Gasteiger partial charge in [-0.2, -0.15) is 13.2 Å². The molecule has 162 valence electrons. The van der Waals surface area contributed by atoms with Crippen molar-refractivity contribution in [3.8, 4) is 0 Å². The lowest BCUT2D eigenvalue weighted by atomic mass is 9.73. The van der Waals surface area contributed by atoms with Crippen molar-refractivity contribution in [1.29, 1.82) is 0 Å². The zero-order valence-electron chi connectivity index (χ0n) is 16.1. The van der Waals surface area contributed by atoms with Gasteiger partial charge < -0.3 is 19.5 Å². The number of halogens is 3. The quantitative estimate of drug-likeness (QED) is 0.789. The number of carboxylic acids is 1. The van der Waals surface area contributed by atoms with E-state index >= 15 is 0 Å². The number of piperidine rings is 1. The van der Waals surface area contributed by atoms with E-state index in [0.717, 1.165) is 57.6 Å². The second-order valence-electron chi connectivity index (χ2n) is 7.85. The standard InChI is InChI=1S/C17H25N3O2.C2HF3O2/c1-6-17(13-21-11-14-3-4-14)12-20(9-5-15(17)22-10-1)16-18-7-2-8-19-16;3-2(4,5)1(6)7/h2,7-8,14-15H,1,3-6,9-13H2;(H,6,7). The van der Waals surface area contributed by atoms with Crippen molar-refractivity contribution < 1.29 is 32.5 Å². The highest BCUT2D eigenvalue weighted by Gasteiger charge is 2.47. The van der Waals surface area contributed by atoms with Crippen molar-refractivity contribution in [2.45, 2.75) is 44.4 Å². The molecule has 2 saturated heterocycles. The van der Waals surface area contributed by atoms with E-state index in [1.807, 2.05) is 18.5 Å². The fraction of sp³-hybridized carbons (Fsp3) is 0.737. The number of alkyl halides is 3. The fourth-order valence-corrected chi connectivity index (χ4v) is 3.84. The van der Waals surface area contributed by atoms with Crippen LogP contribution in [0.2, 0.25) is 0 Å². The number of carboxylic acid groups (broad SMARTS) is 1. The Hall–Kier alpha value is -1.94. The molecule has 1 aromatic rings. The summed E-state index contributed by atoms with van der Waals surface area (Å²) in [5.74, 6) is -1.10. The molecule has 2 unspecified atom stereocenters. The van der Waals surface area contributed by atoms with Gasteiger partial charge in [-0.3, -0.25) is 0 Å². The molecular formula is C19H26F3N3O4. The lowest BCUT2D eigenvalue weighted by Crippen LogP contribution is -2.57. The lowest BCUT2D eigenvalue weighted by molar-refractivity contribution is -0.192. The molecule has 2 atom stereocenters. The van der Waals surface area contributed by atoms with Gasteiger partial charge in [0.15, 0.2) is 0 Å². The molecule has 0 aromatic carbocycles. The molecule has 7 nitrogen and oxygen atoms in total. The molecule has 0 amide bonds. The molecule has 1 N–H and O–H groups in total. The van der Waals surface area contributed by atoms with E-state index in [9.17, 15) is 13.2 Å². The average Bonchev–Trinajstić information content (AvgIpc) is 3.52. The van der Waals surface area contributed by atoms with Crippen molar-refractivity contribution in [1.82, 2.24) is 9.97 Å². The molecule has 1 saturated carbocycles. The number of aromatic nitrogens is 2. The van der Waals surface area contributed by atoms with Crippen LogP contribution in [0.3, 0.4) is 0 Å². The third kappa shape index (κ3) is 6.02. The number of hydrogen-bond donors (Lipinski definition) is 1. The van der Waals surface area contributed by atoms with Crippen LogP contribution >= 0.6 is 0 Å². The van der Waals surface area contributed by atoms with Crippen LogP contribution in [0.4, 0.5) is 19.1 Å². The molecule has 1 aromatic heterocycles.